The van der Waals surface area contributed by atoms with Crippen LogP contribution >= 0.6 is 0 Å². The van der Waals surface area contributed by atoms with Crippen molar-refractivity contribution in [3.63, 3.8) is 0 Å². The Labute approximate surface area is 286 Å². The first-order valence-electron chi connectivity index (χ1n) is 17.7. The number of benzene rings is 2. The Hall–Kier alpha value is -3.91. The Bertz CT molecular complexity index is 1900. The summed E-state index contributed by atoms with van der Waals surface area (Å²) in [6.07, 6.45) is 16.3. The van der Waals surface area contributed by atoms with E-state index in [1.807, 2.05) is 6.07 Å². The second-order valence-electron chi connectivity index (χ2n) is 14.3. The van der Waals surface area contributed by atoms with Gasteiger partial charge < -0.3 is 19.1 Å². The van der Waals surface area contributed by atoms with E-state index in [1.165, 1.54) is 31.7 Å². The molecule has 8 nitrogen and oxygen atoms in total. The quantitative estimate of drug-likeness (QED) is 0.191. The van der Waals surface area contributed by atoms with Crippen LogP contribution in [0.4, 0.5) is 14.6 Å². The first-order valence-corrected chi connectivity index (χ1v) is 17.7. The molecule has 0 unspecified atom stereocenters. The number of rotatable bonds is 8. The summed E-state index contributed by atoms with van der Waals surface area (Å²) in [4.78, 5) is 19.1. The van der Waals surface area contributed by atoms with E-state index < -0.39 is 11.6 Å². The third kappa shape index (κ3) is 5.80. The van der Waals surface area contributed by atoms with Crippen molar-refractivity contribution in [3.05, 3.63) is 53.7 Å². The fourth-order valence-corrected chi connectivity index (χ4v) is 9.09. The molecule has 4 heterocycles. The third-order valence-corrected chi connectivity index (χ3v) is 11.5. The highest BCUT2D eigenvalue weighted by atomic mass is 19.1. The maximum absolute atomic E-state index is 16.9. The molecule has 2 aliphatic carbocycles. The lowest BCUT2D eigenvalue weighted by Crippen LogP contribution is -2.58. The van der Waals surface area contributed by atoms with Crippen LogP contribution in [0.15, 0.2) is 36.5 Å². The van der Waals surface area contributed by atoms with Crippen LogP contribution in [0.1, 0.15) is 56.9 Å². The predicted octanol–water partition coefficient (Wildman–Crippen LogP) is 6.77. The van der Waals surface area contributed by atoms with Gasteiger partial charge in [0.1, 0.15) is 22.8 Å². The van der Waals surface area contributed by atoms with Crippen LogP contribution in [0, 0.1) is 35.3 Å². The maximum Gasteiger partial charge on any atom is 0.319 e. The molecule has 2 saturated carbocycles. The van der Waals surface area contributed by atoms with Gasteiger partial charge in [-0.05, 0) is 68.9 Å². The average molecular weight is 668 g/mol. The molecule has 0 spiro atoms. The molecular weight excluding hydrogens is 624 g/mol. The molecule has 49 heavy (non-hydrogen) atoms. The summed E-state index contributed by atoms with van der Waals surface area (Å²) in [5.41, 5.74) is 0.679. The van der Waals surface area contributed by atoms with Crippen molar-refractivity contribution in [1.29, 1.82) is 0 Å². The molecule has 256 valence electrons. The average Bonchev–Trinajstić information content (AvgIpc) is 3.35. The zero-order valence-electron chi connectivity index (χ0n) is 28.1. The van der Waals surface area contributed by atoms with Gasteiger partial charge in [-0.3, -0.25) is 9.88 Å². The van der Waals surface area contributed by atoms with Crippen LogP contribution in [0.2, 0.25) is 0 Å². The lowest BCUT2D eigenvalue weighted by Gasteiger charge is -2.53. The minimum absolute atomic E-state index is 0.0140. The van der Waals surface area contributed by atoms with Crippen molar-refractivity contribution < 1.29 is 23.0 Å². The lowest BCUT2D eigenvalue weighted by atomic mass is 9.71. The van der Waals surface area contributed by atoms with E-state index in [-0.39, 0.29) is 28.2 Å². The van der Waals surface area contributed by atoms with Crippen LogP contribution in [-0.2, 0) is 9.47 Å². The number of terminal acetylenes is 1. The van der Waals surface area contributed by atoms with Crippen molar-refractivity contribution in [2.24, 2.45) is 11.3 Å². The van der Waals surface area contributed by atoms with E-state index in [4.69, 9.17) is 30.6 Å². The van der Waals surface area contributed by atoms with Crippen LogP contribution in [0.25, 0.3) is 32.9 Å². The number of likely N-dealkylation sites (tertiary alicyclic amines) is 1. The van der Waals surface area contributed by atoms with Gasteiger partial charge in [0.05, 0.1) is 24.2 Å². The second-order valence-corrected chi connectivity index (χ2v) is 14.3. The normalized spacial score (nSPS) is 25.9. The van der Waals surface area contributed by atoms with E-state index in [0.29, 0.717) is 78.5 Å². The van der Waals surface area contributed by atoms with Crippen LogP contribution in [0.5, 0.6) is 6.01 Å². The zero-order valence-corrected chi connectivity index (χ0v) is 28.1. The highest BCUT2D eigenvalue weighted by Gasteiger charge is 2.51. The molecule has 4 aliphatic rings. The Morgan fingerprint density at radius 2 is 1.92 bits per heavy atom. The van der Waals surface area contributed by atoms with Gasteiger partial charge in [0.2, 0.25) is 0 Å². The molecule has 2 saturated heterocycles. The number of pyridine rings is 1. The summed E-state index contributed by atoms with van der Waals surface area (Å²) in [6.45, 7) is 4.96. The molecule has 2 atom stereocenters. The smallest absolute Gasteiger partial charge is 0.319 e. The fourth-order valence-electron chi connectivity index (χ4n) is 9.09. The zero-order chi connectivity index (χ0) is 33.5. The van der Waals surface area contributed by atoms with Gasteiger partial charge in [-0.25, -0.2) is 8.78 Å². The van der Waals surface area contributed by atoms with E-state index in [9.17, 15) is 4.39 Å². The Morgan fingerprint density at radius 1 is 1.04 bits per heavy atom. The molecule has 0 N–H and O–H groups in total. The monoisotopic (exact) mass is 667 g/mol. The van der Waals surface area contributed by atoms with E-state index >= 15 is 4.39 Å². The summed E-state index contributed by atoms with van der Waals surface area (Å²) < 4.78 is 49.5. The highest BCUT2D eigenvalue weighted by Crippen LogP contribution is 2.51. The minimum Gasteiger partial charge on any atom is -0.463 e. The van der Waals surface area contributed by atoms with Crippen molar-refractivity contribution in [3.8, 4) is 29.6 Å². The molecule has 2 aliphatic heterocycles. The van der Waals surface area contributed by atoms with Crippen molar-refractivity contribution in [2.45, 2.75) is 63.5 Å². The summed E-state index contributed by atoms with van der Waals surface area (Å²) in [6, 6.07) is 9.56. The summed E-state index contributed by atoms with van der Waals surface area (Å²) in [7, 11) is 1.79. The number of methoxy groups -OCH3 is 1. The van der Waals surface area contributed by atoms with Crippen molar-refractivity contribution in [2.75, 3.05) is 58.1 Å². The highest BCUT2D eigenvalue weighted by molar-refractivity contribution is 6.02. The number of aromatic nitrogens is 3. The molecule has 0 bridgehead atoms. The second kappa shape index (κ2) is 13.4. The number of nitrogens with zero attached hydrogens (tertiary/aromatic N) is 5. The van der Waals surface area contributed by atoms with Gasteiger partial charge in [0.15, 0.2) is 5.82 Å². The molecule has 4 fully saturated rings. The predicted molar refractivity (Wildman–Crippen MR) is 186 cm³/mol. The Morgan fingerprint density at radius 3 is 2.78 bits per heavy atom. The van der Waals surface area contributed by atoms with Crippen LogP contribution < -0.4 is 9.64 Å². The molecule has 2 aromatic carbocycles. The van der Waals surface area contributed by atoms with Crippen LogP contribution in [0.3, 0.4) is 0 Å². The van der Waals surface area contributed by atoms with Gasteiger partial charge in [-0.15, -0.1) is 6.42 Å². The number of hydrogen-bond acceptors (Lipinski definition) is 8. The number of ether oxygens (including phenoxy) is 3. The number of halogens is 2. The first-order chi connectivity index (χ1) is 24.0. The molecule has 2 aromatic heterocycles. The van der Waals surface area contributed by atoms with Gasteiger partial charge >= 0.3 is 6.01 Å². The lowest BCUT2D eigenvalue weighted by molar-refractivity contribution is -0.0622. The first kappa shape index (κ1) is 32.3. The van der Waals surface area contributed by atoms with Crippen molar-refractivity contribution in [1.82, 2.24) is 19.9 Å². The maximum atomic E-state index is 16.9. The topological polar surface area (TPSA) is 72.8 Å². The Balaban J connectivity index is 1.17. The fraction of sp³-hybridized carbons (Fsp3) is 0.513. The van der Waals surface area contributed by atoms with Crippen molar-refractivity contribution >= 4 is 27.5 Å². The standard InChI is InChI=1S/C39H43F2N5O3/c1-3-28-31(40)12-11-26-8-4-9-29(33(26)28)35-34(41)36-30(22-42-35)37(45-15-7-18-48-19-17-45)44-38(43-36)49-24-39-13-5-10-32(39)46(16-6-14-39)27-20-25(21-27)23-47-2/h1,4,8-9,11-12,22,25,27,32H,5-7,10,13-21,23-24H2,2H3/t25?,27?,32-,39-/m1/s1. The number of piperidine rings is 1. The molecule has 10 heteroatoms. The number of fused-ring (bicyclic) bond motifs is 3. The summed E-state index contributed by atoms with van der Waals surface area (Å²) in [5.74, 6) is 2.55. The molecule has 0 radical (unpaired) electrons. The van der Waals surface area contributed by atoms with E-state index in [2.05, 4.69) is 20.7 Å². The van der Waals surface area contributed by atoms with Gasteiger partial charge in [0, 0.05) is 68.1 Å². The summed E-state index contributed by atoms with van der Waals surface area (Å²) >= 11 is 0. The molecular formula is C39H43F2N5O3. The molecule has 8 rings (SSSR count). The summed E-state index contributed by atoms with van der Waals surface area (Å²) in [5, 5.41) is 1.64. The van der Waals surface area contributed by atoms with Gasteiger partial charge in [0.25, 0.3) is 0 Å². The van der Waals surface area contributed by atoms with Crippen LogP contribution in [-0.4, -0.2) is 85.1 Å². The third-order valence-electron chi connectivity index (χ3n) is 11.5. The van der Waals surface area contributed by atoms with E-state index in [0.717, 1.165) is 38.8 Å². The molecule has 4 aromatic rings. The molecule has 0 amide bonds. The van der Waals surface area contributed by atoms with Gasteiger partial charge in [-0.2, -0.15) is 9.97 Å². The minimum atomic E-state index is -0.617. The number of anilines is 1. The SMILES string of the molecule is C#Cc1c(F)ccc2cccc(-c3ncc4c(N5CCCOCC5)nc(OC[C@]56CCC[C@H]5N(C5CC(COC)C5)CCC6)nc4c3F)c12. The number of hydrogen-bond donors (Lipinski definition) is 0. The van der Waals surface area contributed by atoms with E-state index in [1.54, 1.807) is 31.5 Å². The Kier molecular flexibility index (Phi) is 8.85. The largest absolute Gasteiger partial charge is 0.463 e. The van der Waals surface area contributed by atoms with Gasteiger partial charge in [-0.1, -0.05) is 36.6 Å².